The molecule has 1 saturated heterocycles. The summed E-state index contributed by atoms with van der Waals surface area (Å²) in [5, 5.41) is 12.7. The van der Waals surface area contributed by atoms with E-state index in [0.29, 0.717) is 18.1 Å². The number of sulfonamides is 1. The van der Waals surface area contributed by atoms with Crippen LogP contribution in [0.1, 0.15) is 29.5 Å². The first-order valence-electron chi connectivity index (χ1n) is 11.4. The van der Waals surface area contributed by atoms with Gasteiger partial charge in [0.1, 0.15) is 16.5 Å². The maximum atomic E-state index is 15.2. The molecule has 1 unspecified atom stereocenters. The molecule has 1 aliphatic rings. The quantitative estimate of drug-likeness (QED) is 0.371. The Morgan fingerprint density at radius 2 is 2.00 bits per heavy atom. The van der Waals surface area contributed by atoms with E-state index in [1.165, 1.54) is 25.6 Å². The SMILES string of the molecule is COc1c(CO)cc(Cl)cc1S(=O)(=O)Nc1ccc(F)c(C#Cc2cnc(NC3CCCOC3)nc2)c1F. The van der Waals surface area contributed by atoms with E-state index in [4.69, 9.17) is 21.1 Å². The summed E-state index contributed by atoms with van der Waals surface area (Å²) >= 11 is 5.98. The lowest BCUT2D eigenvalue weighted by molar-refractivity contribution is 0.0874. The minimum absolute atomic E-state index is 0.0110. The number of hydrogen-bond acceptors (Lipinski definition) is 8. The molecule has 0 spiro atoms. The largest absolute Gasteiger partial charge is 0.495 e. The van der Waals surface area contributed by atoms with Crippen molar-refractivity contribution in [1.29, 1.82) is 0 Å². The van der Waals surface area contributed by atoms with Gasteiger partial charge in [0.05, 0.1) is 43.2 Å². The summed E-state index contributed by atoms with van der Waals surface area (Å²) in [5.74, 6) is 2.97. The van der Waals surface area contributed by atoms with Crippen LogP contribution in [-0.2, 0) is 21.4 Å². The number of hydrogen-bond donors (Lipinski definition) is 3. The van der Waals surface area contributed by atoms with Gasteiger partial charge in [-0.2, -0.15) is 0 Å². The van der Waals surface area contributed by atoms with E-state index in [0.717, 1.165) is 37.6 Å². The van der Waals surface area contributed by atoms with Gasteiger partial charge in [-0.25, -0.2) is 27.2 Å². The number of aliphatic hydroxyl groups excluding tert-OH is 1. The van der Waals surface area contributed by atoms with E-state index in [9.17, 15) is 17.9 Å². The second kappa shape index (κ2) is 11.9. The zero-order valence-corrected chi connectivity index (χ0v) is 21.7. The number of methoxy groups -OCH3 is 1. The van der Waals surface area contributed by atoms with Crippen LogP contribution in [0.2, 0.25) is 5.02 Å². The number of ether oxygens (including phenoxy) is 2. The molecular weight excluding hydrogens is 542 g/mol. The van der Waals surface area contributed by atoms with Crippen LogP contribution >= 0.6 is 11.6 Å². The van der Waals surface area contributed by atoms with E-state index >= 15 is 4.39 Å². The van der Waals surface area contributed by atoms with E-state index in [-0.39, 0.29) is 22.4 Å². The van der Waals surface area contributed by atoms with Crippen molar-refractivity contribution >= 4 is 33.3 Å². The number of anilines is 2. The molecular formula is C25H23ClF2N4O5S. The lowest BCUT2D eigenvalue weighted by atomic mass is 10.1. The number of benzene rings is 2. The van der Waals surface area contributed by atoms with Crippen molar-refractivity contribution in [1.82, 2.24) is 9.97 Å². The van der Waals surface area contributed by atoms with Gasteiger partial charge in [0.15, 0.2) is 5.82 Å². The molecule has 2 heterocycles. The van der Waals surface area contributed by atoms with Crippen molar-refractivity contribution in [2.45, 2.75) is 30.4 Å². The third-order valence-corrected chi connectivity index (χ3v) is 7.16. The summed E-state index contributed by atoms with van der Waals surface area (Å²) in [5.41, 5.74) is -0.794. The second-order valence-corrected chi connectivity index (χ2v) is 10.3. The van der Waals surface area contributed by atoms with Gasteiger partial charge in [0.25, 0.3) is 10.0 Å². The topological polar surface area (TPSA) is 123 Å². The zero-order chi connectivity index (χ0) is 27.3. The van der Waals surface area contributed by atoms with Crippen molar-refractivity contribution in [2.75, 3.05) is 30.4 Å². The summed E-state index contributed by atoms with van der Waals surface area (Å²) in [6.45, 7) is 0.728. The number of rotatable bonds is 7. The second-order valence-electron chi connectivity index (χ2n) is 8.25. The molecule has 1 aromatic heterocycles. The fourth-order valence-corrected chi connectivity index (χ4v) is 5.36. The fourth-order valence-electron chi connectivity index (χ4n) is 3.76. The van der Waals surface area contributed by atoms with Gasteiger partial charge in [-0.3, -0.25) is 4.72 Å². The number of aliphatic hydroxyl groups is 1. The van der Waals surface area contributed by atoms with Crippen LogP contribution in [0.5, 0.6) is 5.75 Å². The van der Waals surface area contributed by atoms with Crippen LogP contribution in [0, 0.1) is 23.5 Å². The van der Waals surface area contributed by atoms with Gasteiger partial charge in [-0.15, -0.1) is 0 Å². The van der Waals surface area contributed by atoms with Crippen LogP contribution in [0.15, 0.2) is 41.6 Å². The molecule has 3 N–H and O–H groups in total. The number of aromatic nitrogens is 2. The van der Waals surface area contributed by atoms with E-state index < -0.39 is 44.4 Å². The predicted octanol–water partition coefficient (Wildman–Crippen LogP) is 3.70. The monoisotopic (exact) mass is 564 g/mol. The van der Waals surface area contributed by atoms with E-state index in [2.05, 4.69) is 31.8 Å². The summed E-state index contributed by atoms with van der Waals surface area (Å²) in [6, 6.07) is 4.33. The molecule has 1 fully saturated rings. The van der Waals surface area contributed by atoms with Gasteiger partial charge in [-0.05, 0) is 37.1 Å². The molecule has 3 aromatic rings. The van der Waals surface area contributed by atoms with Gasteiger partial charge in [0.2, 0.25) is 5.95 Å². The van der Waals surface area contributed by atoms with Crippen LogP contribution in [0.4, 0.5) is 20.4 Å². The molecule has 0 amide bonds. The number of halogens is 3. The summed E-state index contributed by atoms with van der Waals surface area (Å²) in [4.78, 5) is 7.90. The predicted molar refractivity (Wildman–Crippen MR) is 137 cm³/mol. The first-order chi connectivity index (χ1) is 18.2. The fraction of sp³-hybridized carbons (Fsp3) is 0.280. The third-order valence-electron chi connectivity index (χ3n) is 5.57. The number of nitrogens with zero attached hydrogens (tertiary/aromatic N) is 2. The molecule has 13 heteroatoms. The Labute approximate surface area is 223 Å². The maximum absolute atomic E-state index is 15.2. The molecule has 9 nitrogen and oxygen atoms in total. The molecule has 0 aliphatic carbocycles. The highest BCUT2D eigenvalue weighted by Gasteiger charge is 2.25. The molecule has 2 aromatic carbocycles. The average molecular weight is 565 g/mol. The first kappa shape index (κ1) is 27.5. The highest BCUT2D eigenvalue weighted by atomic mass is 35.5. The summed E-state index contributed by atoms with van der Waals surface area (Å²) < 4.78 is 68.3. The van der Waals surface area contributed by atoms with Crippen molar-refractivity contribution in [2.24, 2.45) is 0 Å². The Kier molecular flexibility index (Phi) is 8.63. The van der Waals surface area contributed by atoms with Crippen LogP contribution in [-0.4, -0.2) is 49.9 Å². The molecule has 0 saturated carbocycles. The minimum Gasteiger partial charge on any atom is -0.495 e. The smallest absolute Gasteiger partial charge is 0.265 e. The lowest BCUT2D eigenvalue weighted by Crippen LogP contribution is -2.30. The molecule has 4 rings (SSSR count). The molecule has 1 atom stereocenters. The van der Waals surface area contributed by atoms with Crippen molar-refractivity contribution in [3.05, 3.63) is 70.0 Å². The lowest BCUT2D eigenvalue weighted by Gasteiger charge is -2.22. The van der Waals surface area contributed by atoms with Gasteiger partial charge in [0, 0.05) is 29.6 Å². The molecule has 38 heavy (non-hydrogen) atoms. The van der Waals surface area contributed by atoms with Crippen LogP contribution in [0.3, 0.4) is 0 Å². The van der Waals surface area contributed by atoms with Gasteiger partial charge in [-0.1, -0.05) is 23.4 Å². The Balaban J connectivity index is 1.58. The minimum atomic E-state index is -4.46. The first-order valence-corrected chi connectivity index (χ1v) is 13.2. The molecule has 0 bridgehead atoms. The van der Waals surface area contributed by atoms with Crippen molar-refractivity contribution in [3.63, 3.8) is 0 Å². The molecule has 0 radical (unpaired) electrons. The molecule has 1 aliphatic heterocycles. The highest BCUT2D eigenvalue weighted by molar-refractivity contribution is 7.92. The molecule has 200 valence electrons. The van der Waals surface area contributed by atoms with Gasteiger partial charge >= 0.3 is 0 Å². The highest BCUT2D eigenvalue weighted by Crippen LogP contribution is 2.34. The summed E-state index contributed by atoms with van der Waals surface area (Å²) in [6.07, 6.45) is 4.66. The van der Waals surface area contributed by atoms with Crippen LogP contribution < -0.4 is 14.8 Å². The normalized spacial score (nSPS) is 15.3. The van der Waals surface area contributed by atoms with E-state index in [1.54, 1.807) is 0 Å². The maximum Gasteiger partial charge on any atom is 0.265 e. The standard InChI is InChI=1S/C25H23ClF2N4O5S/c1-36-24-16(13-33)9-17(26)10-22(24)38(34,35)32-21-7-6-20(27)19(23(21)28)5-4-15-11-29-25(30-12-15)31-18-3-2-8-37-14-18/h6-7,9-12,18,32-33H,2-3,8,13-14H2,1H3,(H,29,30,31). The zero-order valence-electron chi connectivity index (χ0n) is 20.1. The van der Waals surface area contributed by atoms with E-state index in [1.807, 2.05) is 0 Å². The Morgan fingerprint density at radius 1 is 1.24 bits per heavy atom. The Hall–Kier alpha value is -3.50. The number of nitrogens with one attached hydrogen (secondary N) is 2. The Morgan fingerprint density at radius 3 is 2.66 bits per heavy atom. The average Bonchev–Trinajstić information content (AvgIpc) is 2.91. The van der Waals surface area contributed by atoms with Crippen molar-refractivity contribution < 1.29 is 31.8 Å². The summed E-state index contributed by atoms with van der Waals surface area (Å²) in [7, 11) is -3.25. The Bertz CT molecular complexity index is 1490. The van der Waals surface area contributed by atoms with Crippen molar-refractivity contribution in [3.8, 4) is 17.6 Å². The van der Waals surface area contributed by atoms with Gasteiger partial charge < -0.3 is 19.9 Å². The third kappa shape index (κ3) is 6.31. The van der Waals surface area contributed by atoms with Crippen LogP contribution in [0.25, 0.3) is 0 Å².